The van der Waals surface area contributed by atoms with Crippen LogP contribution in [0.25, 0.3) is 10.8 Å². The third-order valence-corrected chi connectivity index (χ3v) is 4.45. The van der Waals surface area contributed by atoms with E-state index in [-0.39, 0.29) is 11.7 Å². The molecule has 1 aliphatic heterocycles. The first-order valence-electron chi connectivity index (χ1n) is 8.67. The molecule has 0 bridgehead atoms. The number of piperidine rings is 1. The molecular weight excluding hydrogens is 288 g/mol. The van der Waals surface area contributed by atoms with Crippen LogP contribution in [-0.2, 0) is 6.54 Å². The third-order valence-electron chi connectivity index (χ3n) is 4.45. The Morgan fingerprint density at radius 2 is 2.17 bits per heavy atom. The largest absolute Gasteiger partial charge is 0.491 e. The summed E-state index contributed by atoms with van der Waals surface area (Å²) >= 11 is 0. The fourth-order valence-electron chi connectivity index (χ4n) is 3.25. The lowest BCUT2D eigenvalue weighted by molar-refractivity contribution is 0.243. The van der Waals surface area contributed by atoms with E-state index in [9.17, 15) is 4.79 Å². The van der Waals surface area contributed by atoms with Crippen LogP contribution in [0.1, 0.15) is 39.5 Å². The van der Waals surface area contributed by atoms with Gasteiger partial charge < -0.3 is 14.6 Å². The van der Waals surface area contributed by atoms with Gasteiger partial charge in [-0.3, -0.25) is 4.79 Å². The Bertz CT molecular complexity index is 715. The highest BCUT2D eigenvalue weighted by molar-refractivity contribution is 5.82. The predicted molar refractivity (Wildman–Crippen MR) is 94.2 cm³/mol. The first-order chi connectivity index (χ1) is 11.1. The van der Waals surface area contributed by atoms with E-state index in [1.807, 2.05) is 48.9 Å². The molecule has 2 heterocycles. The van der Waals surface area contributed by atoms with Gasteiger partial charge in [0.15, 0.2) is 0 Å². The van der Waals surface area contributed by atoms with Crippen LogP contribution in [0.3, 0.4) is 0 Å². The van der Waals surface area contributed by atoms with Gasteiger partial charge in [-0.05, 0) is 69.3 Å². The summed E-state index contributed by atoms with van der Waals surface area (Å²) in [4.78, 5) is 12.6. The zero-order valence-electron chi connectivity index (χ0n) is 14.0. The molecule has 0 radical (unpaired) electrons. The highest BCUT2D eigenvalue weighted by Crippen LogP contribution is 2.19. The molecule has 4 nitrogen and oxygen atoms in total. The lowest BCUT2D eigenvalue weighted by Crippen LogP contribution is -2.35. The molecule has 1 N–H and O–H groups in total. The molecule has 1 aromatic carbocycles. The number of aromatic nitrogens is 1. The molecule has 1 aliphatic rings. The first-order valence-corrected chi connectivity index (χ1v) is 8.67. The van der Waals surface area contributed by atoms with Crippen LogP contribution in [0.5, 0.6) is 5.75 Å². The monoisotopic (exact) mass is 314 g/mol. The lowest BCUT2D eigenvalue weighted by Gasteiger charge is -2.23. The number of nitrogens with one attached hydrogen (secondary N) is 1. The fourth-order valence-corrected chi connectivity index (χ4v) is 3.25. The van der Waals surface area contributed by atoms with Gasteiger partial charge in [0.05, 0.1) is 6.10 Å². The second-order valence-electron chi connectivity index (χ2n) is 6.67. The number of aryl methyl sites for hydroxylation is 1. The van der Waals surface area contributed by atoms with Crippen molar-refractivity contribution in [3.05, 3.63) is 40.8 Å². The average Bonchev–Trinajstić information content (AvgIpc) is 2.54. The van der Waals surface area contributed by atoms with Gasteiger partial charge in [0, 0.05) is 24.2 Å². The van der Waals surface area contributed by atoms with E-state index in [4.69, 9.17) is 4.74 Å². The second-order valence-corrected chi connectivity index (χ2v) is 6.67. The molecular formula is C19H26N2O2. The van der Waals surface area contributed by atoms with Crippen molar-refractivity contribution in [2.75, 3.05) is 6.54 Å². The maximum atomic E-state index is 12.6. The van der Waals surface area contributed by atoms with Crippen LogP contribution in [0.15, 0.2) is 35.3 Å². The van der Waals surface area contributed by atoms with Crippen molar-refractivity contribution in [1.29, 1.82) is 0 Å². The summed E-state index contributed by atoms with van der Waals surface area (Å²) < 4.78 is 7.54. The minimum Gasteiger partial charge on any atom is -0.491 e. The Morgan fingerprint density at radius 3 is 2.91 bits per heavy atom. The van der Waals surface area contributed by atoms with E-state index in [2.05, 4.69) is 5.32 Å². The molecule has 4 heteroatoms. The maximum absolute atomic E-state index is 12.6. The van der Waals surface area contributed by atoms with E-state index in [1.165, 1.54) is 19.3 Å². The second kappa shape index (κ2) is 7.18. The van der Waals surface area contributed by atoms with Gasteiger partial charge in [0.1, 0.15) is 5.75 Å². The van der Waals surface area contributed by atoms with Gasteiger partial charge in [0.2, 0.25) is 0 Å². The van der Waals surface area contributed by atoms with E-state index in [0.717, 1.165) is 36.0 Å². The van der Waals surface area contributed by atoms with Crippen molar-refractivity contribution in [3.63, 3.8) is 0 Å². The molecule has 1 unspecified atom stereocenters. The van der Waals surface area contributed by atoms with Crippen LogP contribution in [-0.4, -0.2) is 23.3 Å². The number of ether oxygens (including phenoxy) is 1. The number of hydrogen-bond donors (Lipinski definition) is 1. The number of fused-ring (bicyclic) bond motifs is 1. The van der Waals surface area contributed by atoms with Crippen molar-refractivity contribution >= 4 is 10.8 Å². The summed E-state index contributed by atoms with van der Waals surface area (Å²) in [6.07, 6.45) is 6.84. The molecule has 124 valence electrons. The standard InChI is InChI=1S/C19H26N2O2/c1-14(2)23-17-6-7-18-15(13-17)8-11-21(19(18)22)12-9-16-5-3-4-10-20-16/h6-8,11,13-14,16,20H,3-5,9-10,12H2,1-2H3. The van der Waals surface area contributed by atoms with E-state index in [1.54, 1.807) is 0 Å². The van der Waals surface area contributed by atoms with Crippen molar-refractivity contribution in [2.24, 2.45) is 0 Å². The van der Waals surface area contributed by atoms with E-state index in [0.29, 0.717) is 6.04 Å². The van der Waals surface area contributed by atoms with Gasteiger partial charge in [-0.25, -0.2) is 0 Å². The SMILES string of the molecule is CC(C)Oc1ccc2c(=O)n(CCC3CCCCN3)ccc2c1. The Balaban J connectivity index is 1.77. The summed E-state index contributed by atoms with van der Waals surface area (Å²) in [7, 11) is 0. The highest BCUT2D eigenvalue weighted by Gasteiger charge is 2.13. The van der Waals surface area contributed by atoms with Crippen LogP contribution in [0.4, 0.5) is 0 Å². The predicted octanol–water partition coefficient (Wildman–Crippen LogP) is 3.32. The zero-order valence-corrected chi connectivity index (χ0v) is 14.0. The molecule has 23 heavy (non-hydrogen) atoms. The zero-order chi connectivity index (χ0) is 16.2. The van der Waals surface area contributed by atoms with Gasteiger partial charge >= 0.3 is 0 Å². The number of benzene rings is 1. The summed E-state index contributed by atoms with van der Waals surface area (Å²) in [6, 6.07) is 8.27. The topological polar surface area (TPSA) is 43.3 Å². The quantitative estimate of drug-likeness (QED) is 0.920. The fraction of sp³-hybridized carbons (Fsp3) is 0.526. The minimum atomic E-state index is 0.0920. The number of pyridine rings is 1. The van der Waals surface area contributed by atoms with Gasteiger partial charge in [0.25, 0.3) is 5.56 Å². The number of hydrogen-bond acceptors (Lipinski definition) is 3. The molecule has 0 spiro atoms. The van der Waals surface area contributed by atoms with Crippen molar-refractivity contribution in [1.82, 2.24) is 9.88 Å². The third kappa shape index (κ3) is 3.94. The number of nitrogens with zero attached hydrogens (tertiary/aromatic N) is 1. The smallest absolute Gasteiger partial charge is 0.258 e. The summed E-state index contributed by atoms with van der Waals surface area (Å²) in [6.45, 7) is 5.88. The molecule has 2 aromatic rings. The van der Waals surface area contributed by atoms with Crippen LogP contribution in [0.2, 0.25) is 0 Å². The summed E-state index contributed by atoms with van der Waals surface area (Å²) in [5.74, 6) is 0.816. The molecule has 1 atom stereocenters. The normalized spacial score (nSPS) is 18.5. The Morgan fingerprint density at radius 1 is 1.30 bits per heavy atom. The van der Waals surface area contributed by atoms with Gasteiger partial charge in [-0.2, -0.15) is 0 Å². The van der Waals surface area contributed by atoms with Crippen LogP contribution < -0.4 is 15.6 Å². The lowest BCUT2D eigenvalue weighted by atomic mass is 10.0. The number of rotatable bonds is 5. The van der Waals surface area contributed by atoms with Gasteiger partial charge in [-0.1, -0.05) is 6.42 Å². The summed E-state index contributed by atoms with van der Waals surface area (Å²) in [5.41, 5.74) is 0.0920. The Hall–Kier alpha value is -1.81. The van der Waals surface area contributed by atoms with E-state index < -0.39 is 0 Å². The first kappa shape index (κ1) is 16.1. The minimum absolute atomic E-state index is 0.0920. The van der Waals surface area contributed by atoms with Gasteiger partial charge in [-0.15, -0.1) is 0 Å². The molecule has 3 rings (SSSR count). The molecule has 1 fully saturated rings. The van der Waals surface area contributed by atoms with Crippen LogP contribution >= 0.6 is 0 Å². The molecule has 0 aliphatic carbocycles. The van der Waals surface area contributed by atoms with Crippen molar-refractivity contribution in [3.8, 4) is 5.75 Å². The molecule has 0 saturated carbocycles. The molecule has 1 aromatic heterocycles. The van der Waals surface area contributed by atoms with E-state index >= 15 is 0 Å². The highest BCUT2D eigenvalue weighted by atomic mass is 16.5. The molecule has 0 amide bonds. The molecule has 1 saturated heterocycles. The average molecular weight is 314 g/mol. The maximum Gasteiger partial charge on any atom is 0.258 e. The Kier molecular flexibility index (Phi) is 5.01. The van der Waals surface area contributed by atoms with Crippen molar-refractivity contribution < 1.29 is 4.74 Å². The Labute approximate surface area is 137 Å². The summed E-state index contributed by atoms with van der Waals surface area (Å²) in [5, 5.41) is 5.25. The van der Waals surface area contributed by atoms with Crippen molar-refractivity contribution in [2.45, 2.75) is 58.2 Å². The van der Waals surface area contributed by atoms with Crippen LogP contribution in [0, 0.1) is 0 Å².